The number of nitrogens with zero attached hydrogens (tertiary/aromatic N) is 1. The van der Waals surface area contributed by atoms with Crippen molar-refractivity contribution in [1.82, 2.24) is 4.90 Å². The van der Waals surface area contributed by atoms with Crippen molar-refractivity contribution in [2.75, 3.05) is 13.1 Å². The Morgan fingerprint density at radius 3 is 2.71 bits per heavy atom. The van der Waals surface area contributed by atoms with Crippen LogP contribution in [-0.4, -0.2) is 42.9 Å². The minimum absolute atomic E-state index is 0.244. The third-order valence-corrected chi connectivity index (χ3v) is 4.96. The number of terminal acetylenes is 1. The van der Waals surface area contributed by atoms with Gasteiger partial charge in [-0.1, -0.05) is 0 Å². The van der Waals surface area contributed by atoms with Crippen LogP contribution in [0, 0.1) is 12.3 Å². The van der Waals surface area contributed by atoms with Crippen LogP contribution in [0.5, 0.6) is 0 Å². The standard InChI is InChI=1S/C14H17NOTe/c1-3-5-12-15(11-4-2)14(16)17-13-9-7-6-8-10-13/h2,6-10H,3,5,11-12H2,1H3. The zero-order valence-electron chi connectivity index (χ0n) is 10.1. The number of amides is 1. The third-order valence-electron chi connectivity index (χ3n) is 2.27. The van der Waals surface area contributed by atoms with E-state index in [0.29, 0.717) is 6.54 Å². The molecule has 90 valence electrons. The summed E-state index contributed by atoms with van der Waals surface area (Å²) >= 11 is -0.806. The first-order chi connectivity index (χ1) is 8.27. The van der Waals surface area contributed by atoms with Gasteiger partial charge in [-0.05, 0) is 0 Å². The van der Waals surface area contributed by atoms with Gasteiger partial charge in [0, 0.05) is 0 Å². The quantitative estimate of drug-likeness (QED) is 0.571. The summed E-state index contributed by atoms with van der Waals surface area (Å²) in [6, 6.07) is 9.97. The number of carbonyl (C=O) groups excluding carboxylic acids is 1. The van der Waals surface area contributed by atoms with Gasteiger partial charge >= 0.3 is 114 Å². The first-order valence-electron chi connectivity index (χ1n) is 5.73. The molecule has 0 N–H and O–H groups in total. The fraction of sp³-hybridized carbons (Fsp3) is 0.357. The summed E-state index contributed by atoms with van der Waals surface area (Å²) in [5.41, 5.74) is 0. The SMILES string of the molecule is C#CCN(CCCC)C(=O)[Te]c1ccccc1. The molecule has 1 aromatic carbocycles. The summed E-state index contributed by atoms with van der Waals surface area (Å²) < 4.78 is 1.41. The molecule has 0 radical (unpaired) electrons. The van der Waals surface area contributed by atoms with Gasteiger partial charge in [-0.3, -0.25) is 0 Å². The van der Waals surface area contributed by atoms with E-state index in [-0.39, 0.29) is 3.96 Å². The predicted molar refractivity (Wildman–Crippen MR) is 72.5 cm³/mol. The Bertz CT molecular complexity index is 383. The summed E-state index contributed by atoms with van der Waals surface area (Å²) in [5, 5.41) is 0. The minimum atomic E-state index is -0.806. The molecular weight excluding hydrogens is 326 g/mol. The van der Waals surface area contributed by atoms with Gasteiger partial charge in [-0.15, -0.1) is 0 Å². The molecule has 0 aliphatic rings. The molecule has 0 fully saturated rings. The van der Waals surface area contributed by atoms with Crippen LogP contribution in [0.4, 0.5) is 4.79 Å². The van der Waals surface area contributed by atoms with Crippen LogP contribution in [0.1, 0.15) is 19.8 Å². The number of carbonyl (C=O) groups is 1. The van der Waals surface area contributed by atoms with Crippen LogP contribution < -0.4 is 3.61 Å². The number of unbranched alkanes of at least 4 members (excludes halogenated alkanes) is 1. The van der Waals surface area contributed by atoms with Crippen molar-refractivity contribution in [3.63, 3.8) is 0 Å². The summed E-state index contributed by atoms with van der Waals surface area (Å²) in [4.78, 5) is 13.9. The molecule has 0 aliphatic carbocycles. The van der Waals surface area contributed by atoms with E-state index in [1.165, 1.54) is 3.61 Å². The van der Waals surface area contributed by atoms with Gasteiger partial charge in [0.2, 0.25) is 0 Å². The molecule has 0 aromatic heterocycles. The van der Waals surface area contributed by atoms with E-state index in [1.807, 2.05) is 35.2 Å². The topological polar surface area (TPSA) is 20.3 Å². The van der Waals surface area contributed by atoms with E-state index in [4.69, 9.17) is 6.42 Å². The third kappa shape index (κ3) is 5.26. The monoisotopic (exact) mass is 345 g/mol. The van der Waals surface area contributed by atoms with Crippen molar-refractivity contribution >= 4 is 28.5 Å². The van der Waals surface area contributed by atoms with Gasteiger partial charge in [0.15, 0.2) is 0 Å². The van der Waals surface area contributed by atoms with Crippen molar-refractivity contribution in [3.8, 4) is 12.3 Å². The predicted octanol–water partition coefficient (Wildman–Crippen LogP) is 1.87. The molecule has 0 atom stereocenters. The molecule has 0 aliphatic heterocycles. The van der Waals surface area contributed by atoms with Crippen molar-refractivity contribution in [3.05, 3.63) is 30.3 Å². The summed E-state index contributed by atoms with van der Waals surface area (Å²) in [5.74, 6) is 2.57. The van der Waals surface area contributed by atoms with Crippen LogP contribution in [-0.2, 0) is 0 Å². The van der Waals surface area contributed by atoms with E-state index >= 15 is 0 Å². The van der Waals surface area contributed by atoms with Crippen molar-refractivity contribution in [2.24, 2.45) is 0 Å². The van der Waals surface area contributed by atoms with E-state index in [9.17, 15) is 4.79 Å². The van der Waals surface area contributed by atoms with Gasteiger partial charge in [0.25, 0.3) is 0 Å². The molecular formula is C14H17NOTe. The van der Waals surface area contributed by atoms with E-state index in [1.54, 1.807) is 0 Å². The molecule has 1 aromatic rings. The first-order valence-corrected chi connectivity index (χ1v) is 8.06. The Morgan fingerprint density at radius 1 is 1.41 bits per heavy atom. The summed E-state index contributed by atoms with van der Waals surface area (Å²) in [6.45, 7) is 3.35. The molecule has 0 saturated carbocycles. The second kappa shape index (κ2) is 8.18. The number of hydrogen-bond donors (Lipinski definition) is 0. The Labute approximate surface area is 113 Å². The van der Waals surface area contributed by atoms with E-state index in [0.717, 1.165) is 19.4 Å². The zero-order chi connectivity index (χ0) is 12.5. The van der Waals surface area contributed by atoms with Gasteiger partial charge in [0.05, 0.1) is 0 Å². The number of hydrogen-bond acceptors (Lipinski definition) is 1. The van der Waals surface area contributed by atoms with Gasteiger partial charge in [-0.2, -0.15) is 0 Å². The van der Waals surface area contributed by atoms with Gasteiger partial charge in [-0.25, -0.2) is 0 Å². The average Bonchev–Trinajstić information content (AvgIpc) is 2.35. The normalized spacial score (nSPS) is 9.65. The molecule has 0 heterocycles. The van der Waals surface area contributed by atoms with Gasteiger partial charge < -0.3 is 0 Å². The Hall–Kier alpha value is -0.960. The maximum absolute atomic E-state index is 12.1. The molecule has 0 unspecified atom stereocenters. The van der Waals surface area contributed by atoms with Crippen LogP contribution in [0.25, 0.3) is 0 Å². The van der Waals surface area contributed by atoms with Crippen molar-refractivity contribution < 1.29 is 4.79 Å². The Kier molecular flexibility index (Phi) is 6.78. The average molecular weight is 343 g/mol. The fourth-order valence-corrected chi connectivity index (χ4v) is 3.57. The molecule has 2 nitrogen and oxygen atoms in total. The van der Waals surface area contributed by atoms with Crippen LogP contribution >= 0.6 is 0 Å². The van der Waals surface area contributed by atoms with Crippen LogP contribution in [0.15, 0.2) is 30.3 Å². The zero-order valence-corrected chi connectivity index (χ0v) is 12.4. The van der Waals surface area contributed by atoms with Crippen molar-refractivity contribution in [1.29, 1.82) is 0 Å². The van der Waals surface area contributed by atoms with Crippen LogP contribution in [0.3, 0.4) is 0 Å². The molecule has 0 bridgehead atoms. The second-order valence-corrected chi connectivity index (χ2v) is 6.59. The van der Waals surface area contributed by atoms with Gasteiger partial charge in [0.1, 0.15) is 0 Å². The first kappa shape index (κ1) is 14.1. The summed E-state index contributed by atoms with van der Waals surface area (Å²) in [6.07, 6.45) is 7.41. The fourth-order valence-electron chi connectivity index (χ4n) is 1.35. The van der Waals surface area contributed by atoms with E-state index < -0.39 is 20.9 Å². The Morgan fingerprint density at radius 2 is 2.12 bits per heavy atom. The Balaban J connectivity index is 2.56. The molecule has 0 saturated heterocycles. The number of rotatable bonds is 6. The summed E-state index contributed by atoms with van der Waals surface area (Å²) in [7, 11) is 0. The molecule has 1 rings (SSSR count). The second-order valence-electron chi connectivity index (χ2n) is 3.66. The molecule has 0 spiro atoms. The van der Waals surface area contributed by atoms with Crippen LogP contribution in [0.2, 0.25) is 0 Å². The maximum atomic E-state index is 12.1. The molecule has 17 heavy (non-hydrogen) atoms. The van der Waals surface area contributed by atoms with Crippen molar-refractivity contribution in [2.45, 2.75) is 19.8 Å². The van der Waals surface area contributed by atoms with E-state index in [2.05, 4.69) is 12.8 Å². The molecule has 3 heteroatoms. The number of benzene rings is 1. The molecule has 1 amide bonds.